The van der Waals surface area contributed by atoms with Crippen LogP contribution in [-0.2, 0) is 16.1 Å². The van der Waals surface area contributed by atoms with Crippen molar-refractivity contribution < 1.29 is 9.59 Å². The lowest BCUT2D eigenvalue weighted by molar-refractivity contribution is -0.139. The molecule has 0 aliphatic rings. The first-order valence-corrected chi connectivity index (χ1v) is 5.70. The maximum atomic E-state index is 11.4. The van der Waals surface area contributed by atoms with Crippen LogP contribution in [0.1, 0.15) is 19.4 Å². The maximum absolute atomic E-state index is 11.4. The largest absolute Gasteiger partial charge is 0.346 e. The van der Waals surface area contributed by atoms with Gasteiger partial charge in [-0.2, -0.15) is 0 Å². The fourth-order valence-electron chi connectivity index (χ4n) is 1.24. The second kappa shape index (κ2) is 6.25. The zero-order chi connectivity index (χ0) is 12.8. The van der Waals surface area contributed by atoms with Crippen LogP contribution in [-0.4, -0.2) is 17.9 Å². The molecule has 0 aromatic heterocycles. The maximum Gasteiger partial charge on any atom is 0.309 e. The van der Waals surface area contributed by atoms with Crippen LogP contribution in [0.3, 0.4) is 0 Å². The second-order valence-corrected chi connectivity index (χ2v) is 4.38. The smallest absolute Gasteiger partial charge is 0.309 e. The Labute approximate surface area is 105 Å². The van der Waals surface area contributed by atoms with Gasteiger partial charge < -0.3 is 10.6 Å². The molecule has 0 radical (unpaired) electrons. The monoisotopic (exact) mass is 254 g/mol. The quantitative estimate of drug-likeness (QED) is 0.803. The normalized spacial score (nSPS) is 10.1. The van der Waals surface area contributed by atoms with Crippen LogP contribution in [0, 0.1) is 0 Å². The van der Waals surface area contributed by atoms with Gasteiger partial charge in [-0.05, 0) is 31.5 Å². The highest BCUT2D eigenvalue weighted by Crippen LogP contribution is 2.10. The van der Waals surface area contributed by atoms with Crippen molar-refractivity contribution >= 4 is 23.4 Å². The Hall–Kier alpha value is -1.55. The van der Waals surface area contributed by atoms with E-state index in [0.717, 1.165) is 5.56 Å². The molecule has 0 aliphatic carbocycles. The molecule has 1 aromatic carbocycles. The zero-order valence-electron chi connectivity index (χ0n) is 9.79. The van der Waals surface area contributed by atoms with Crippen molar-refractivity contribution in [1.82, 2.24) is 10.6 Å². The summed E-state index contributed by atoms with van der Waals surface area (Å²) < 4.78 is 0. The van der Waals surface area contributed by atoms with Crippen LogP contribution in [0.4, 0.5) is 0 Å². The Morgan fingerprint density at radius 2 is 2.00 bits per heavy atom. The van der Waals surface area contributed by atoms with E-state index in [4.69, 9.17) is 11.6 Å². The Morgan fingerprint density at radius 3 is 2.59 bits per heavy atom. The van der Waals surface area contributed by atoms with E-state index in [1.165, 1.54) is 0 Å². The van der Waals surface area contributed by atoms with E-state index in [-0.39, 0.29) is 12.6 Å². The number of amides is 2. The van der Waals surface area contributed by atoms with Crippen LogP contribution >= 0.6 is 11.6 Å². The lowest BCUT2D eigenvalue weighted by Gasteiger charge is -2.08. The minimum Gasteiger partial charge on any atom is -0.346 e. The molecule has 2 amide bonds. The van der Waals surface area contributed by atoms with Gasteiger partial charge in [0.05, 0.1) is 0 Å². The van der Waals surface area contributed by atoms with Gasteiger partial charge in [-0.3, -0.25) is 9.59 Å². The van der Waals surface area contributed by atoms with Crippen molar-refractivity contribution in [3.05, 3.63) is 34.9 Å². The summed E-state index contributed by atoms with van der Waals surface area (Å²) in [5.41, 5.74) is 0.850. The molecule has 0 heterocycles. The van der Waals surface area contributed by atoms with E-state index in [9.17, 15) is 9.59 Å². The van der Waals surface area contributed by atoms with Crippen LogP contribution in [0.2, 0.25) is 5.02 Å². The number of hydrogen-bond acceptors (Lipinski definition) is 2. The van der Waals surface area contributed by atoms with E-state index in [0.29, 0.717) is 5.02 Å². The topological polar surface area (TPSA) is 58.2 Å². The minimum absolute atomic E-state index is 0.0561. The number of benzene rings is 1. The predicted octanol–water partition coefficient (Wildman–Crippen LogP) is 1.48. The van der Waals surface area contributed by atoms with Gasteiger partial charge in [-0.25, -0.2) is 0 Å². The standard InChI is InChI=1S/C12H15ClN2O2/c1-8(2)15-12(17)11(16)14-7-9-4-3-5-10(13)6-9/h3-6,8H,7H2,1-2H3,(H,14,16)(H,15,17). The van der Waals surface area contributed by atoms with E-state index >= 15 is 0 Å². The number of carbonyl (C=O) groups excluding carboxylic acids is 2. The molecule has 92 valence electrons. The molecular weight excluding hydrogens is 240 g/mol. The summed E-state index contributed by atoms with van der Waals surface area (Å²) in [5.74, 6) is -1.26. The fraction of sp³-hybridized carbons (Fsp3) is 0.333. The Bertz CT molecular complexity index is 419. The van der Waals surface area contributed by atoms with Crippen LogP contribution in [0.15, 0.2) is 24.3 Å². The highest BCUT2D eigenvalue weighted by molar-refractivity contribution is 6.35. The summed E-state index contributed by atoms with van der Waals surface area (Å²) in [5, 5.41) is 5.64. The van der Waals surface area contributed by atoms with Crippen LogP contribution < -0.4 is 10.6 Å². The van der Waals surface area contributed by atoms with Crippen molar-refractivity contribution in [3.63, 3.8) is 0 Å². The van der Waals surface area contributed by atoms with Gasteiger partial charge >= 0.3 is 11.8 Å². The summed E-state index contributed by atoms with van der Waals surface area (Å²) in [6.07, 6.45) is 0. The molecule has 0 saturated heterocycles. The summed E-state index contributed by atoms with van der Waals surface area (Å²) in [6.45, 7) is 3.87. The van der Waals surface area contributed by atoms with E-state index < -0.39 is 11.8 Å². The summed E-state index contributed by atoms with van der Waals surface area (Å²) in [6, 6.07) is 7.05. The van der Waals surface area contributed by atoms with Gasteiger partial charge in [0.2, 0.25) is 0 Å². The van der Waals surface area contributed by atoms with Gasteiger partial charge in [0.15, 0.2) is 0 Å². The van der Waals surface area contributed by atoms with Crippen LogP contribution in [0.25, 0.3) is 0 Å². The molecule has 2 N–H and O–H groups in total. The average Bonchev–Trinajstić information content (AvgIpc) is 2.25. The molecule has 4 nitrogen and oxygen atoms in total. The first-order valence-electron chi connectivity index (χ1n) is 5.32. The van der Waals surface area contributed by atoms with E-state index in [1.807, 2.05) is 6.07 Å². The highest BCUT2D eigenvalue weighted by atomic mass is 35.5. The van der Waals surface area contributed by atoms with Gasteiger partial charge in [0, 0.05) is 17.6 Å². The Balaban J connectivity index is 2.45. The molecule has 0 aliphatic heterocycles. The number of hydrogen-bond donors (Lipinski definition) is 2. The molecule has 0 bridgehead atoms. The average molecular weight is 255 g/mol. The third-order valence-electron chi connectivity index (χ3n) is 1.97. The second-order valence-electron chi connectivity index (χ2n) is 3.94. The van der Waals surface area contributed by atoms with E-state index in [2.05, 4.69) is 10.6 Å². The predicted molar refractivity (Wildman–Crippen MR) is 66.6 cm³/mol. The SMILES string of the molecule is CC(C)NC(=O)C(=O)NCc1cccc(Cl)c1. The lowest BCUT2D eigenvalue weighted by Crippen LogP contribution is -2.42. The van der Waals surface area contributed by atoms with Gasteiger partial charge in [0.25, 0.3) is 0 Å². The van der Waals surface area contributed by atoms with Gasteiger partial charge in [-0.1, -0.05) is 23.7 Å². The molecule has 0 saturated carbocycles. The lowest BCUT2D eigenvalue weighted by atomic mass is 10.2. The van der Waals surface area contributed by atoms with Gasteiger partial charge in [0.1, 0.15) is 0 Å². The Kier molecular flexibility index (Phi) is 4.97. The van der Waals surface area contributed by atoms with Crippen molar-refractivity contribution in [3.8, 4) is 0 Å². The summed E-state index contributed by atoms with van der Waals surface area (Å²) >= 11 is 5.80. The number of rotatable bonds is 3. The summed E-state index contributed by atoms with van der Waals surface area (Å²) in [7, 11) is 0. The van der Waals surface area contributed by atoms with Crippen molar-refractivity contribution in [2.45, 2.75) is 26.4 Å². The molecule has 0 fully saturated rings. The summed E-state index contributed by atoms with van der Waals surface area (Å²) in [4.78, 5) is 22.7. The van der Waals surface area contributed by atoms with Crippen LogP contribution in [0.5, 0.6) is 0 Å². The molecule has 1 aromatic rings. The molecule has 0 atom stereocenters. The molecule has 1 rings (SSSR count). The van der Waals surface area contributed by atoms with Crippen molar-refractivity contribution in [2.75, 3.05) is 0 Å². The molecular formula is C12H15ClN2O2. The zero-order valence-corrected chi connectivity index (χ0v) is 10.5. The number of nitrogens with one attached hydrogen (secondary N) is 2. The molecule has 0 unspecified atom stereocenters. The third-order valence-corrected chi connectivity index (χ3v) is 2.20. The number of halogens is 1. The van der Waals surface area contributed by atoms with E-state index in [1.54, 1.807) is 32.0 Å². The minimum atomic E-state index is -0.640. The Morgan fingerprint density at radius 1 is 1.29 bits per heavy atom. The molecule has 5 heteroatoms. The number of carbonyl (C=O) groups is 2. The molecule has 17 heavy (non-hydrogen) atoms. The van der Waals surface area contributed by atoms with Gasteiger partial charge in [-0.15, -0.1) is 0 Å². The van der Waals surface area contributed by atoms with Crippen molar-refractivity contribution in [1.29, 1.82) is 0 Å². The third kappa shape index (κ3) is 4.87. The first kappa shape index (κ1) is 13.5. The first-order chi connectivity index (χ1) is 7.99. The highest BCUT2D eigenvalue weighted by Gasteiger charge is 2.13. The molecule has 0 spiro atoms. The fourth-order valence-corrected chi connectivity index (χ4v) is 1.45. The van der Waals surface area contributed by atoms with Crippen molar-refractivity contribution in [2.24, 2.45) is 0 Å².